The van der Waals surface area contributed by atoms with Gasteiger partial charge in [-0.05, 0) is 42.3 Å². The maximum atomic E-state index is 13.0. The Morgan fingerprint density at radius 1 is 1.08 bits per heavy atom. The van der Waals surface area contributed by atoms with Gasteiger partial charge in [-0.25, -0.2) is 0 Å². The lowest BCUT2D eigenvalue weighted by molar-refractivity contribution is -0.137. The molecular formula is C18H17F3N4S. The van der Waals surface area contributed by atoms with Gasteiger partial charge in [0.15, 0.2) is 0 Å². The van der Waals surface area contributed by atoms with Gasteiger partial charge in [-0.3, -0.25) is 8.96 Å². The van der Waals surface area contributed by atoms with E-state index in [4.69, 9.17) is 0 Å². The SMILES string of the molecule is FC(F)(F)c1cccc(Sn2cc(N3CCNCC3)c3ncccc32)c1. The van der Waals surface area contributed by atoms with E-state index in [1.54, 1.807) is 12.3 Å². The first-order chi connectivity index (χ1) is 12.5. The summed E-state index contributed by atoms with van der Waals surface area (Å²) in [5.74, 6) is 0. The summed E-state index contributed by atoms with van der Waals surface area (Å²) in [6.07, 6.45) is -0.635. The molecule has 136 valence electrons. The molecule has 1 N–H and O–H groups in total. The molecule has 3 heterocycles. The molecule has 1 aromatic carbocycles. The lowest BCUT2D eigenvalue weighted by atomic mass is 10.2. The molecule has 0 amide bonds. The first-order valence-electron chi connectivity index (χ1n) is 8.30. The van der Waals surface area contributed by atoms with E-state index in [2.05, 4.69) is 15.2 Å². The van der Waals surface area contributed by atoms with Gasteiger partial charge in [-0.15, -0.1) is 0 Å². The van der Waals surface area contributed by atoms with Crippen LogP contribution >= 0.6 is 11.9 Å². The fraction of sp³-hybridized carbons (Fsp3) is 0.278. The van der Waals surface area contributed by atoms with Gasteiger partial charge in [0.1, 0.15) is 5.52 Å². The minimum Gasteiger partial charge on any atom is -0.366 e. The molecule has 0 unspecified atom stereocenters. The van der Waals surface area contributed by atoms with Crippen molar-refractivity contribution in [2.24, 2.45) is 0 Å². The Morgan fingerprint density at radius 3 is 2.65 bits per heavy atom. The van der Waals surface area contributed by atoms with Crippen molar-refractivity contribution in [3.63, 3.8) is 0 Å². The van der Waals surface area contributed by atoms with Crippen LogP contribution in [0.4, 0.5) is 18.9 Å². The van der Waals surface area contributed by atoms with Crippen molar-refractivity contribution in [3.8, 4) is 0 Å². The van der Waals surface area contributed by atoms with E-state index >= 15 is 0 Å². The zero-order valence-electron chi connectivity index (χ0n) is 13.8. The second-order valence-corrected chi connectivity index (χ2v) is 7.11. The van der Waals surface area contributed by atoms with Crippen molar-refractivity contribution >= 4 is 28.7 Å². The summed E-state index contributed by atoms with van der Waals surface area (Å²) in [4.78, 5) is 7.29. The molecule has 1 fully saturated rings. The second-order valence-electron chi connectivity index (χ2n) is 6.07. The van der Waals surface area contributed by atoms with Crippen LogP contribution < -0.4 is 10.2 Å². The average molecular weight is 378 g/mol. The fourth-order valence-corrected chi connectivity index (χ4v) is 4.01. The summed E-state index contributed by atoms with van der Waals surface area (Å²) in [5, 5.41) is 3.32. The number of benzene rings is 1. The third kappa shape index (κ3) is 3.39. The first-order valence-corrected chi connectivity index (χ1v) is 9.07. The van der Waals surface area contributed by atoms with E-state index in [1.165, 1.54) is 24.1 Å². The minimum absolute atomic E-state index is 0.535. The van der Waals surface area contributed by atoms with E-state index in [1.807, 2.05) is 22.3 Å². The summed E-state index contributed by atoms with van der Waals surface area (Å²) in [6.45, 7) is 3.56. The molecule has 4 rings (SSSR count). The molecule has 0 saturated carbocycles. The smallest absolute Gasteiger partial charge is 0.366 e. The Morgan fingerprint density at radius 2 is 1.88 bits per heavy atom. The van der Waals surface area contributed by atoms with Crippen molar-refractivity contribution in [2.45, 2.75) is 11.1 Å². The average Bonchev–Trinajstić information content (AvgIpc) is 3.01. The van der Waals surface area contributed by atoms with Crippen LogP contribution in [0.1, 0.15) is 5.56 Å². The number of pyridine rings is 1. The van der Waals surface area contributed by atoms with Crippen LogP contribution in [-0.4, -0.2) is 35.1 Å². The van der Waals surface area contributed by atoms with E-state index in [9.17, 15) is 13.2 Å². The highest BCUT2D eigenvalue weighted by Crippen LogP contribution is 2.36. The maximum absolute atomic E-state index is 13.0. The summed E-state index contributed by atoms with van der Waals surface area (Å²) in [7, 11) is 0. The van der Waals surface area contributed by atoms with E-state index < -0.39 is 11.7 Å². The van der Waals surface area contributed by atoms with Crippen molar-refractivity contribution < 1.29 is 13.2 Å². The highest BCUT2D eigenvalue weighted by molar-refractivity contribution is 7.98. The number of nitrogens with one attached hydrogen (secondary N) is 1. The Balaban J connectivity index is 1.71. The monoisotopic (exact) mass is 378 g/mol. The van der Waals surface area contributed by atoms with Crippen LogP contribution in [-0.2, 0) is 6.18 Å². The quantitative estimate of drug-likeness (QED) is 0.746. The predicted octanol–water partition coefficient (Wildman–Crippen LogP) is 4.02. The molecular weight excluding hydrogens is 361 g/mol. The van der Waals surface area contributed by atoms with Gasteiger partial charge >= 0.3 is 6.18 Å². The molecule has 1 aliphatic heterocycles. The summed E-state index contributed by atoms with van der Waals surface area (Å²) in [6, 6.07) is 9.17. The fourth-order valence-electron chi connectivity index (χ4n) is 3.07. The van der Waals surface area contributed by atoms with Crippen LogP contribution in [0.3, 0.4) is 0 Å². The van der Waals surface area contributed by atoms with Crippen molar-refractivity contribution in [1.29, 1.82) is 0 Å². The van der Waals surface area contributed by atoms with E-state index in [0.29, 0.717) is 4.90 Å². The van der Waals surface area contributed by atoms with Gasteiger partial charge < -0.3 is 10.2 Å². The zero-order valence-corrected chi connectivity index (χ0v) is 14.6. The summed E-state index contributed by atoms with van der Waals surface area (Å²) >= 11 is 1.27. The maximum Gasteiger partial charge on any atom is 0.416 e. The number of hydrogen-bond donors (Lipinski definition) is 1. The molecule has 0 radical (unpaired) electrons. The number of nitrogens with zero attached hydrogens (tertiary/aromatic N) is 3. The normalized spacial score (nSPS) is 15.6. The lowest BCUT2D eigenvalue weighted by Gasteiger charge is -2.28. The van der Waals surface area contributed by atoms with Crippen LogP contribution in [0.5, 0.6) is 0 Å². The Labute approximate surface area is 153 Å². The number of fused-ring (bicyclic) bond motifs is 1. The number of rotatable bonds is 3. The largest absolute Gasteiger partial charge is 0.416 e. The number of aromatic nitrogens is 2. The topological polar surface area (TPSA) is 33.1 Å². The molecule has 0 atom stereocenters. The van der Waals surface area contributed by atoms with Gasteiger partial charge in [-0.1, -0.05) is 6.07 Å². The molecule has 0 bridgehead atoms. The number of anilines is 1. The number of hydrogen-bond acceptors (Lipinski definition) is 4. The molecule has 8 heteroatoms. The predicted molar refractivity (Wildman–Crippen MR) is 97.5 cm³/mol. The molecule has 2 aromatic heterocycles. The van der Waals surface area contributed by atoms with Crippen molar-refractivity contribution in [3.05, 3.63) is 54.4 Å². The van der Waals surface area contributed by atoms with Crippen LogP contribution in [0, 0.1) is 0 Å². The molecule has 0 aliphatic carbocycles. The Kier molecular flexibility index (Phi) is 4.54. The molecule has 1 saturated heterocycles. The third-order valence-electron chi connectivity index (χ3n) is 4.33. The highest BCUT2D eigenvalue weighted by atomic mass is 32.2. The van der Waals surface area contributed by atoms with Gasteiger partial charge in [0.2, 0.25) is 0 Å². The number of piperazine rings is 1. The second kappa shape index (κ2) is 6.85. The lowest BCUT2D eigenvalue weighted by Crippen LogP contribution is -2.43. The first kappa shape index (κ1) is 17.2. The number of alkyl halides is 3. The molecule has 26 heavy (non-hydrogen) atoms. The van der Waals surface area contributed by atoms with Crippen LogP contribution in [0.25, 0.3) is 11.0 Å². The van der Waals surface area contributed by atoms with Crippen LogP contribution in [0.15, 0.2) is 53.7 Å². The zero-order chi connectivity index (χ0) is 18.1. The van der Waals surface area contributed by atoms with Crippen molar-refractivity contribution in [2.75, 3.05) is 31.1 Å². The van der Waals surface area contributed by atoms with Gasteiger partial charge in [0.05, 0.1) is 16.8 Å². The molecule has 3 aromatic rings. The highest BCUT2D eigenvalue weighted by Gasteiger charge is 2.30. The van der Waals surface area contributed by atoms with Gasteiger partial charge in [-0.2, -0.15) is 13.2 Å². The minimum atomic E-state index is -4.34. The molecule has 1 aliphatic rings. The van der Waals surface area contributed by atoms with Crippen molar-refractivity contribution in [1.82, 2.24) is 14.3 Å². The summed E-state index contributed by atoms with van der Waals surface area (Å²) < 4.78 is 40.8. The van der Waals surface area contributed by atoms with E-state index in [-0.39, 0.29) is 0 Å². The van der Waals surface area contributed by atoms with Crippen LogP contribution in [0.2, 0.25) is 0 Å². The molecule has 4 nitrogen and oxygen atoms in total. The van der Waals surface area contributed by atoms with Gasteiger partial charge in [0, 0.05) is 43.5 Å². The number of halogens is 3. The Bertz CT molecular complexity index is 916. The van der Waals surface area contributed by atoms with Gasteiger partial charge in [0.25, 0.3) is 0 Å². The summed E-state index contributed by atoms with van der Waals surface area (Å²) in [5.41, 5.74) is 2.14. The Hall–Kier alpha value is -2.19. The third-order valence-corrected chi connectivity index (χ3v) is 5.29. The standard InChI is InChI=1S/C18H17F3N4S/c19-18(20,21)13-3-1-4-14(11-13)26-25-12-16(24-9-7-22-8-10-24)17-15(25)5-2-6-23-17/h1-6,11-12,22H,7-10H2. The van der Waals surface area contributed by atoms with E-state index in [0.717, 1.165) is 49.0 Å². The molecule has 0 spiro atoms.